The van der Waals surface area contributed by atoms with Crippen LogP contribution in [-0.2, 0) is 6.18 Å². The predicted octanol–water partition coefficient (Wildman–Crippen LogP) is 6.69. The Kier molecular flexibility index (Phi) is 5.39. The van der Waals surface area contributed by atoms with E-state index in [-0.39, 0.29) is 11.5 Å². The van der Waals surface area contributed by atoms with Crippen LogP contribution in [0.4, 0.5) is 13.2 Å². The van der Waals surface area contributed by atoms with E-state index in [9.17, 15) is 23.1 Å². The minimum Gasteiger partial charge on any atom is -0.508 e. The number of halogens is 4. The molecule has 0 amide bonds. The molecule has 3 aromatic rings. The van der Waals surface area contributed by atoms with Crippen molar-refractivity contribution in [3.63, 3.8) is 0 Å². The van der Waals surface area contributed by atoms with Gasteiger partial charge in [0.25, 0.3) is 0 Å². The number of rotatable bonds is 4. The number of thiophene rings is 1. The molecule has 0 fully saturated rings. The van der Waals surface area contributed by atoms with Crippen LogP contribution in [0.1, 0.15) is 20.8 Å². The molecule has 2 aromatic carbocycles. The van der Waals surface area contributed by atoms with E-state index < -0.39 is 11.7 Å². The molecular weight excluding hydrogens is 397 g/mol. The standard InChI is InChI=1S/C20H12ClF3O2S/c21-16-11-15(25)7-3-12(16)4-8-17(26)19-10-9-18(27-19)13-1-5-14(6-2-13)20(22,23)24/h1-11,25H. The molecule has 0 unspecified atom stereocenters. The molecule has 1 aromatic heterocycles. The van der Waals surface area contributed by atoms with Gasteiger partial charge in [-0.15, -0.1) is 11.3 Å². The maximum atomic E-state index is 12.6. The Balaban J connectivity index is 1.77. The Bertz CT molecular complexity index is 1000. The molecule has 0 aliphatic heterocycles. The topological polar surface area (TPSA) is 37.3 Å². The van der Waals surface area contributed by atoms with E-state index in [0.717, 1.165) is 12.1 Å². The number of alkyl halides is 3. The van der Waals surface area contributed by atoms with Crippen molar-refractivity contribution in [3.8, 4) is 16.2 Å². The summed E-state index contributed by atoms with van der Waals surface area (Å²) in [5.41, 5.74) is 0.479. The molecule has 7 heteroatoms. The van der Waals surface area contributed by atoms with Gasteiger partial charge in [0.15, 0.2) is 5.78 Å². The van der Waals surface area contributed by atoms with Gasteiger partial charge in [-0.05, 0) is 65.7 Å². The number of carbonyl (C=O) groups is 1. The van der Waals surface area contributed by atoms with Crippen molar-refractivity contribution >= 4 is 34.8 Å². The number of ketones is 1. The number of hydrogen-bond acceptors (Lipinski definition) is 3. The highest BCUT2D eigenvalue weighted by Crippen LogP contribution is 2.33. The fourth-order valence-corrected chi connectivity index (χ4v) is 3.52. The third kappa shape index (κ3) is 4.59. The van der Waals surface area contributed by atoms with Crippen LogP contribution in [0, 0.1) is 0 Å². The molecule has 0 atom stereocenters. The van der Waals surface area contributed by atoms with E-state index in [1.807, 2.05) is 0 Å². The zero-order valence-corrected chi connectivity index (χ0v) is 15.2. The molecule has 2 nitrogen and oxygen atoms in total. The number of phenolic OH excluding ortho intramolecular Hbond substituents is 1. The van der Waals surface area contributed by atoms with E-state index in [1.54, 1.807) is 24.3 Å². The molecule has 138 valence electrons. The highest BCUT2D eigenvalue weighted by molar-refractivity contribution is 7.17. The molecule has 0 spiro atoms. The summed E-state index contributed by atoms with van der Waals surface area (Å²) in [6, 6.07) is 12.5. The second kappa shape index (κ2) is 7.58. The average molecular weight is 409 g/mol. The van der Waals surface area contributed by atoms with E-state index in [1.165, 1.54) is 41.7 Å². The van der Waals surface area contributed by atoms with Crippen molar-refractivity contribution < 1.29 is 23.1 Å². The smallest absolute Gasteiger partial charge is 0.416 e. The van der Waals surface area contributed by atoms with Gasteiger partial charge in [-0.3, -0.25) is 4.79 Å². The molecule has 3 rings (SSSR count). The SMILES string of the molecule is O=C(C=Cc1ccc(O)cc1Cl)c1ccc(-c2ccc(C(F)(F)F)cc2)s1. The van der Waals surface area contributed by atoms with Crippen molar-refractivity contribution in [1.29, 1.82) is 0 Å². The molecule has 0 saturated carbocycles. The minimum absolute atomic E-state index is 0.0305. The molecule has 0 aliphatic rings. The van der Waals surface area contributed by atoms with Gasteiger partial charge in [0.1, 0.15) is 5.75 Å². The van der Waals surface area contributed by atoms with Gasteiger partial charge in [-0.25, -0.2) is 0 Å². The molecule has 0 saturated heterocycles. The van der Waals surface area contributed by atoms with Crippen molar-refractivity contribution in [3.05, 3.63) is 81.7 Å². The second-order valence-electron chi connectivity index (χ2n) is 5.64. The third-order valence-corrected chi connectivity index (χ3v) is 5.22. The number of allylic oxidation sites excluding steroid dienone is 1. The monoisotopic (exact) mass is 408 g/mol. The molecule has 27 heavy (non-hydrogen) atoms. The average Bonchev–Trinajstić information content (AvgIpc) is 3.10. The van der Waals surface area contributed by atoms with Crippen molar-refractivity contribution in [2.45, 2.75) is 6.18 Å². The molecular formula is C20H12ClF3O2S. The van der Waals surface area contributed by atoms with Crippen LogP contribution in [-0.4, -0.2) is 10.9 Å². The third-order valence-electron chi connectivity index (χ3n) is 3.74. The highest BCUT2D eigenvalue weighted by Gasteiger charge is 2.30. The number of aromatic hydroxyl groups is 1. The Morgan fingerprint density at radius 2 is 1.74 bits per heavy atom. The van der Waals surface area contributed by atoms with Crippen molar-refractivity contribution in [2.24, 2.45) is 0 Å². The number of benzene rings is 2. The molecule has 0 radical (unpaired) electrons. The van der Waals surface area contributed by atoms with E-state index in [4.69, 9.17) is 11.6 Å². The lowest BCUT2D eigenvalue weighted by molar-refractivity contribution is -0.137. The molecule has 0 aliphatic carbocycles. The van der Waals surface area contributed by atoms with Gasteiger partial charge in [-0.2, -0.15) is 13.2 Å². The van der Waals surface area contributed by atoms with Crippen LogP contribution in [0.2, 0.25) is 5.02 Å². The van der Waals surface area contributed by atoms with Crippen LogP contribution >= 0.6 is 22.9 Å². The van der Waals surface area contributed by atoms with Crippen LogP contribution in [0.5, 0.6) is 5.75 Å². The number of carbonyl (C=O) groups excluding carboxylic acids is 1. The van der Waals surface area contributed by atoms with Gasteiger partial charge in [0.05, 0.1) is 15.5 Å². The first-order chi connectivity index (χ1) is 12.7. The van der Waals surface area contributed by atoms with E-state index >= 15 is 0 Å². The largest absolute Gasteiger partial charge is 0.508 e. The lowest BCUT2D eigenvalue weighted by atomic mass is 10.1. The van der Waals surface area contributed by atoms with Crippen LogP contribution < -0.4 is 0 Å². The molecule has 0 bridgehead atoms. The summed E-state index contributed by atoms with van der Waals surface area (Å²) in [4.78, 5) is 13.5. The first kappa shape index (κ1) is 19.2. The summed E-state index contributed by atoms with van der Waals surface area (Å²) in [6.07, 6.45) is -1.47. The molecule has 1 N–H and O–H groups in total. The summed E-state index contributed by atoms with van der Waals surface area (Å²) in [6.45, 7) is 0. The van der Waals surface area contributed by atoms with Crippen LogP contribution in [0.15, 0.2) is 60.7 Å². The number of phenols is 1. The van der Waals surface area contributed by atoms with Gasteiger partial charge in [0.2, 0.25) is 0 Å². The lowest BCUT2D eigenvalue weighted by Crippen LogP contribution is -2.03. The van der Waals surface area contributed by atoms with Crippen molar-refractivity contribution in [2.75, 3.05) is 0 Å². The zero-order chi connectivity index (χ0) is 19.6. The second-order valence-corrected chi connectivity index (χ2v) is 7.13. The zero-order valence-electron chi connectivity index (χ0n) is 13.6. The van der Waals surface area contributed by atoms with Crippen molar-refractivity contribution in [1.82, 2.24) is 0 Å². The maximum absolute atomic E-state index is 12.6. The number of hydrogen-bond donors (Lipinski definition) is 1. The Morgan fingerprint density at radius 3 is 2.37 bits per heavy atom. The van der Waals surface area contributed by atoms with Gasteiger partial charge >= 0.3 is 6.18 Å². The normalized spacial score (nSPS) is 11.9. The van der Waals surface area contributed by atoms with E-state index in [2.05, 4.69) is 0 Å². The quantitative estimate of drug-likeness (QED) is 0.385. The van der Waals surface area contributed by atoms with Crippen LogP contribution in [0.25, 0.3) is 16.5 Å². The summed E-state index contributed by atoms with van der Waals surface area (Å²) >= 11 is 7.18. The first-order valence-electron chi connectivity index (χ1n) is 7.72. The Hall–Kier alpha value is -2.57. The fraction of sp³-hybridized carbons (Fsp3) is 0.0500. The molecule has 1 heterocycles. The summed E-state index contributed by atoms with van der Waals surface area (Å²) in [5.74, 6) is -0.217. The Labute approximate surface area is 162 Å². The fourth-order valence-electron chi connectivity index (χ4n) is 2.35. The summed E-state index contributed by atoms with van der Waals surface area (Å²) in [5, 5.41) is 9.64. The summed E-state index contributed by atoms with van der Waals surface area (Å²) < 4.78 is 37.9. The lowest BCUT2D eigenvalue weighted by Gasteiger charge is -2.06. The van der Waals surface area contributed by atoms with Crippen LogP contribution in [0.3, 0.4) is 0 Å². The highest BCUT2D eigenvalue weighted by atomic mass is 35.5. The van der Waals surface area contributed by atoms with Gasteiger partial charge in [0, 0.05) is 4.88 Å². The van der Waals surface area contributed by atoms with Gasteiger partial charge < -0.3 is 5.11 Å². The predicted molar refractivity (Wildman–Crippen MR) is 101 cm³/mol. The summed E-state index contributed by atoms with van der Waals surface area (Å²) in [7, 11) is 0. The maximum Gasteiger partial charge on any atom is 0.416 e. The van der Waals surface area contributed by atoms with Gasteiger partial charge in [-0.1, -0.05) is 23.7 Å². The van der Waals surface area contributed by atoms with E-state index in [0.29, 0.717) is 25.9 Å². The first-order valence-corrected chi connectivity index (χ1v) is 8.92. The Morgan fingerprint density at radius 1 is 1.04 bits per heavy atom. The minimum atomic E-state index is -4.38.